The molecule has 0 spiro atoms. The van der Waals surface area contributed by atoms with Gasteiger partial charge in [-0.3, -0.25) is 0 Å². The van der Waals surface area contributed by atoms with Gasteiger partial charge >= 0.3 is 12.1 Å². The van der Waals surface area contributed by atoms with E-state index in [4.69, 9.17) is 9.47 Å². The number of nitrogens with zero attached hydrogens (tertiary/aromatic N) is 1. The van der Waals surface area contributed by atoms with Crippen LogP contribution in [0.5, 0.6) is 0 Å². The Bertz CT molecular complexity index is 580. The van der Waals surface area contributed by atoms with Crippen LogP contribution in [0.15, 0.2) is 24.3 Å². The molecule has 0 bridgehead atoms. The van der Waals surface area contributed by atoms with Gasteiger partial charge in [-0.1, -0.05) is 12.1 Å². The Morgan fingerprint density at radius 3 is 2.70 bits per heavy atom. The average Bonchev–Trinajstić information content (AvgIpc) is 2.53. The SMILES string of the molecule is COC(=O)c1cccc([C@H]2CN(C(=O)OC(C)(C)C)CCN2)c1. The van der Waals surface area contributed by atoms with Crippen molar-refractivity contribution in [1.82, 2.24) is 10.2 Å². The fraction of sp³-hybridized carbons (Fsp3) is 0.529. The minimum atomic E-state index is -0.512. The third kappa shape index (κ3) is 4.69. The van der Waals surface area contributed by atoms with Crippen LogP contribution in [0.25, 0.3) is 0 Å². The number of rotatable bonds is 2. The summed E-state index contributed by atoms with van der Waals surface area (Å²) in [5.41, 5.74) is 0.935. The first-order valence-corrected chi connectivity index (χ1v) is 7.70. The molecule has 0 aromatic heterocycles. The molecule has 0 saturated carbocycles. The summed E-state index contributed by atoms with van der Waals surface area (Å²) in [5.74, 6) is -0.369. The van der Waals surface area contributed by atoms with Crippen molar-refractivity contribution in [2.75, 3.05) is 26.7 Å². The Morgan fingerprint density at radius 1 is 1.30 bits per heavy atom. The molecule has 23 heavy (non-hydrogen) atoms. The Kier molecular flexibility index (Phi) is 5.26. The number of piperazine rings is 1. The fourth-order valence-electron chi connectivity index (χ4n) is 2.47. The van der Waals surface area contributed by atoms with Crippen LogP contribution in [0.3, 0.4) is 0 Å². The van der Waals surface area contributed by atoms with E-state index in [1.807, 2.05) is 32.9 Å². The van der Waals surface area contributed by atoms with E-state index in [1.54, 1.807) is 17.0 Å². The molecule has 6 nitrogen and oxygen atoms in total. The summed E-state index contributed by atoms with van der Waals surface area (Å²) in [4.78, 5) is 25.6. The van der Waals surface area contributed by atoms with Crippen molar-refractivity contribution in [3.63, 3.8) is 0 Å². The molecule has 0 radical (unpaired) electrons. The summed E-state index contributed by atoms with van der Waals surface area (Å²) < 4.78 is 10.2. The fourth-order valence-corrected chi connectivity index (χ4v) is 2.47. The molecule has 1 aliphatic heterocycles. The van der Waals surface area contributed by atoms with Crippen molar-refractivity contribution in [3.8, 4) is 0 Å². The van der Waals surface area contributed by atoms with E-state index < -0.39 is 5.60 Å². The number of carbonyl (C=O) groups is 2. The van der Waals surface area contributed by atoms with Gasteiger partial charge in [0.2, 0.25) is 0 Å². The molecule has 2 rings (SSSR count). The molecule has 1 atom stereocenters. The number of hydrogen-bond acceptors (Lipinski definition) is 5. The second-order valence-electron chi connectivity index (χ2n) is 6.55. The third-order valence-corrected chi connectivity index (χ3v) is 3.54. The zero-order valence-electron chi connectivity index (χ0n) is 14.1. The maximum Gasteiger partial charge on any atom is 0.410 e. The Morgan fingerprint density at radius 2 is 2.04 bits per heavy atom. The van der Waals surface area contributed by atoms with Gasteiger partial charge in [-0.15, -0.1) is 0 Å². The minimum Gasteiger partial charge on any atom is -0.465 e. The van der Waals surface area contributed by atoms with Crippen molar-refractivity contribution in [2.45, 2.75) is 32.4 Å². The highest BCUT2D eigenvalue weighted by Gasteiger charge is 2.28. The lowest BCUT2D eigenvalue weighted by Crippen LogP contribution is -2.49. The van der Waals surface area contributed by atoms with E-state index in [9.17, 15) is 9.59 Å². The highest BCUT2D eigenvalue weighted by Crippen LogP contribution is 2.20. The summed E-state index contributed by atoms with van der Waals surface area (Å²) >= 11 is 0. The van der Waals surface area contributed by atoms with Crippen molar-refractivity contribution < 1.29 is 19.1 Å². The molecule has 1 aromatic carbocycles. The number of ether oxygens (including phenoxy) is 2. The van der Waals surface area contributed by atoms with Crippen LogP contribution in [-0.2, 0) is 9.47 Å². The Labute approximate surface area is 136 Å². The van der Waals surface area contributed by atoms with Gasteiger partial charge in [0.1, 0.15) is 5.60 Å². The zero-order chi connectivity index (χ0) is 17.0. The maximum atomic E-state index is 12.2. The quantitative estimate of drug-likeness (QED) is 0.847. The minimum absolute atomic E-state index is 0.0409. The first-order valence-electron chi connectivity index (χ1n) is 7.70. The van der Waals surface area contributed by atoms with Gasteiger partial charge in [-0.2, -0.15) is 0 Å². The average molecular weight is 320 g/mol. The topological polar surface area (TPSA) is 67.9 Å². The van der Waals surface area contributed by atoms with E-state index in [1.165, 1.54) is 7.11 Å². The molecule has 1 heterocycles. The highest BCUT2D eigenvalue weighted by molar-refractivity contribution is 5.89. The highest BCUT2D eigenvalue weighted by atomic mass is 16.6. The van der Waals surface area contributed by atoms with E-state index >= 15 is 0 Å². The van der Waals surface area contributed by atoms with Crippen LogP contribution in [0.4, 0.5) is 4.79 Å². The molecular weight excluding hydrogens is 296 g/mol. The van der Waals surface area contributed by atoms with E-state index in [0.717, 1.165) is 5.56 Å². The number of carbonyl (C=O) groups excluding carboxylic acids is 2. The number of methoxy groups -OCH3 is 1. The van der Waals surface area contributed by atoms with Gasteiger partial charge in [-0.05, 0) is 38.5 Å². The van der Waals surface area contributed by atoms with Crippen LogP contribution in [-0.4, -0.2) is 49.3 Å². The zero-order valence-corrected chi connectivity index (χ0v) is 14.1. The Hall–Kier alpha value is -2.08. The molecule has 126 valence electrons. The number of esters is 1. The predicted molar refractivity (Wildman–Crippen MR) is 86.3 cm³/mol. The molecule has 1 aromatic rings. The molecule has 1 aliphatic rings. The third-order valence-electron chi connectivity index (χ3n) is 3.54. The van der Waals surface area contributed by atoms with Crippen molar-refractivity contribution in [3.05, 3.63) is 35.4 Å². The van der Waals surface area contributed by atoms with Crippen molar-refractivity contribution in [1.29, 1.82) is 0 Å². The lowest BCUT2D eigenvalue weighted by Gasteiger charge is -2.35. The number of nitrogens with one attached hydrogen (secondary N) is 1. The van der Waals surface area contributed by atoms with Crippen LogP contribution in [0.2, 0.25) is 0 Å². The molecule has 6 heteroatoms. The lowest BCUT2D eigenvalue weighted by molar-refractivity contribution is 0.0194. The summed E-state index contributed by atoms with van der Waals surface area (Å²) in [6.07, 6.45) is -0.312. The predicted octanol–water partition coefficient (Wildman–Crippen LogP) is 2.35. The number of benzene rings is 1. The molecule has 0 unspecified atom stereocenters. The monoisotopic (exact) mass is 320 g/mol. The van der Waals surface area contributed by atoms with Gasteiger partial charge in [0.05, 0.1) is 18.7 Å². The van der Waals surface area contributed by atoms with Crippen molar-refractivity contribution >= 4 is 12.1 Å². The molecule has 1 amide bonds. The van der Waals surface area contributed by atoms with E-state index in [2.05, 4.69) is 5.32 Å². The Balaban J connectivity index is 2.09. The first-order chi connectivity index (χ1) is 10.8. The van der Waals surface area contributed by atoms with Crippen molar-refractivity contribution in [2.24, 2.45) is 0 Å². The van der Waals surface area contributed by atoms with Crippen LogP contribution >= 0.6 is 0 Å². The molecule has 1 N–H and O–H groups in total. The molecule has 0 aliphatic carbocycles. The van der Waals surface area contributed by atoms with Crippen LogP contribution < -0.4 is 5.32 Å². The standard InChI is InChI=1S/C17H24N2O4/c1-17(2,3)23-16(21)19-9-8-18-14(11-19)12-6-5-7-13(10-12)15(20)22-4/h5-7,10,14,18H,8-9,11H2,1-4H3/t14-/m1/s1. The van der Waals surface area contributed by atoms with E-state index in [-0.39, 0.29) is 18.1 Å². The van der Waals surface area contributed by atoms with Gasteiger partial charge < -0.3 is 19.7 Å². The van der Waals surface area contributed by atoms with Gasteiger partial charge in [0.25, 0.3) is 0 Å². The second-order valence-corrected chi connectivity index (χ2v) is 6.55. The smallest absolute Gasteiger partial charge is 0.410 e. The van der Waals surface area contributed by atoms with Crippen LogP contribution in [0.1, 0.15) is 42.7 Å². The summed E-state index contributed by atoms with van der Waals surface area (Å²) in [7, 11) is 1.36. The molecule has 1 fully saturated rings. The normalized spacial score (nSPS) is 18.4. The summed E-state index contributed by atoms with van der Waals surface area (Å²) in [5, 5.41) is 3.37. The largest absolute Gasteiger partial charge is 0.465 e. The lowest BCUT2D eigenvalue weighted by atomic mass is 10.0. The molecule has 1 saturated heterocycles. The first kappa shape index (κ1) is 17.3. The van der Waals surface area contributed by atoms with Gasteiger partial charge in [0, 0.05) is 19.6 Å². The summed E-state index contributed by atoms with van der Waals surface area (Å²) in [6.45, 7) is 7.33. The second kappa shape index (κ2) is 7.00. The van der Waals surface area contributed by atoms with Gasteiger partial charge in [-0.25, -0.2) is 9.59 Å². The van der Waals surface area contributed by atoms with Crippen LogP contribution in [0, 0.1) is 0 Å². The number of amides is 1. The van der Waals surface area contributed by atoms with Gasteiger partial charge in [0.15, 0.2) is 0 Å². The maximum absolute atomic E-state index is 12.2. The number of hydrogen-bond donors (Lipinski definition) is 1. The molecular formula is C17H24N2O4. The summed E-state index contributed by atoms with van der Waals surface area (Å²) in [6, 6.07) is 7.21. The van der Waals surface area contributed by atoms with E-state index in [0.29, 0.717) is 25.2 Å².